The van der Waals surface area contributed by atoms with Crippen LogP contribution in [0.5, 0.6) is 0 Å². The fourth-order valence-corrected chi connectivity index (χ4v) is 2.27. The molecule has 0 bridgehead atoms. The van der Waals surface area contributed by atoms with E-state index in [9.17, 15) is 0 Å². The van der Waals surface area contributed by atoms with Crippen LogP contribution in [0.4, 0.5) is 0 Å². The Balaban J connectivity index is 1.57. The lowest BCUT2D eigenvalue weighted by molar-refractivity contribution is 0.0836. The molecule has 0 atom stereocenters. The van der Waals surface area contributed by atoms with Crippen molar-refractivity contribution in [1.29, 1.82) is 0 Å². The molecule has 2 heterocycles. The molecule has 0 aromatic carbocycles. The van der Waals surface area contributed by atoms with E-state index in [-0.39, 0.29) is 0 Å². The van der Waals surface area contributed by atoms with Crippen LogP contribution in [0.2, 0.25) is 0 Å². The smallest absolute Gasteiger partial charge is 0.162 e. The van der Waals surface area contributed by atoms with Gasteiger partial charge in [-0.15, -0.1) is 0 Å². The zero-order valence-corrected chi connectivity index (χ0v) is 11.9. The molecule has 0 spiro atoms. The highest BCUT2D eigenvalue weighted by molar-refractivity contribution is 5.04. The molecule has 1 saturated heterocycles. The third-order valence-electron chi connectivity index (χ3n) is 3.34. The zero-order valence-electron chi connectivity index (χ0n) is 11.9. The van der Waals surface area contributed by atoms with E-state index in [1.807, 2.05) is 6.07 Å². The molecule has 0 unspecified atom stereocenters. The van der Waals surface area contributed by atoms with Gasteiger partial charge in [-0.1, -0.05) is 12.1 Å². The molecule has 0 amide bonds. The van der Waals surface area contributed by atoms with Crippen molar-refractivity contribution in [2.24, 2.45) is 0 Å². The summed E-state index contributed by atoms with van der Waals surface area (Å²) in [6, 6.07) is 1.97. The second-order valence-corrected chi connectivity index (χ2v) is 5.06. The molecular formula is C14H25N3O2. The van der Waals surface area contributed by atoms with Gasteiger partial charge in [-0.25, -0.2) is 0 Å². The highest BCUT2D eigenvalue weighted by Gasteiger charge is 2.10. The van der Waals surface area contributed by atoms with E-state index in [1.165, 1.54) is 25.9 Å². The van der Waals surface area contributed by atoms with Crippen LogP contribution in [0, 0.1) is 0 Å². The minimum Gasteiger partial charge on any atom is -0.372 e. The molecule has 5 heteroatoms. The molecule has 0 saturated carbocycles. The van der Waals surface area contributed by atoms with Crippen molar-refractivity contribution in [2.75, 3.05) is 32.8 Å². The summed E-state index contributed by atoms with van der Waals surface area (Å²) in [5.74, 6) is 0.815. The van der Waals surface area contributed by atoms with Crippen molar-refractivity contribution < 1.29 is 9.26 Å². The highest BCUT2D eigenvalue weighted by atomic mass is 16.5. The third kappa shape index (κ3) is 5.30. The normalized spacial score (nSPS) is 16.3. The predicted octanol–water partition coefficient (Wildman–Crippen LogP) is 1.79. The van der Waals surface area contributed by atoms with E-state index >= 15 is 0 Å². The minimum absolute atomic E-state index is 0.522. The summed E-state index contributed by atoms with van der Waals surface area (Å²) in [4.78, 5) is 2.44. The molecule has 1 aliphatic heterocycles. The Morgan fingerprint density at radius 3 is 3.05 bits per heavy atom. The average Bonchev–Trinajstić information content (AvgIpc) is 3.06. The number of likely N-dealkylation sites (tertiary alicyclic amines) is 1. The van der Waals surface area contributed by atoms with E-state index in [1.54, 1.807) is 0 Å². The fraction of sp³-hybridized carbons (Fsp3) is 0.786. The van der Waals surface area contributed by atoms with Gasteiger partial charge < -0.3 is 19.5 Å². The first-order valence-electron chi connectivity index (χ1n) is 7.34. The Bertz CT molecular complexity index is 348. The van der Waals surface area contributed by atoms with Gasteiger partial charge >= 0.3 is 0 Å². The Kier molecular flexibility index (Phi) is 6.33. The van der Waals surface area contributed by atoms with Crippen LogP contribution in [-0.2, 0) is 17.9 Å². The second kappa shape index (κ2) is 8.30. The quantitative estimate of drug-likeness (QED) is 0.691. The number of ether oxygens (including phenoxy) is 1. The zero-order chi connectivity index (χ0) is 13.3. The van der Waals surface area contributed by atoms with Gasteiger partial charge in [0.1, 0.15) is 6.61 Å². The maximum absolute atomic E-state index is 5.62. The van der Waals surface area contributed by atoms with Crippen molar-refractivity contribution in [2.45, 2.75) is 39.3 Å². The molecule has 2 rings (SSSR count). The van der Waals surface area contributed by atoms with E-state index in [0.29, 0.717) is 6.61 Å². The van der Waals surface area contributed by atoms with Crippen LogP contribution in [0.1, 0.15) is 37.6 Å². The van der Waals surface area contributed by atoms with Crippen molar-refractivity contribution in [3.05, 3.63) is 17.5 Å². The van der Waals surface area contributed by atoms with Gasteiger partial charge in [0.2, 0.25) is 0 Å². The first-order chi connectivity index (χ1) is 9.38. The topological polar surface area (TPSA) is 50.5 Å². The lowest BCUT2D eigenvalue weighted by Crippen LogP contribution is -2.23. The molecule has 0 aliphatic carbocycles. The second-order valence-electron chi connectivity index (χ2n) is 5.06. The SMILES string of the molecule is CCCNCc1cc(COCCN2CCCC2)on1. The van der Waals surface area contributed by atoms with Gasteiger partial charge in [0.05, 0.1) is 12.3 Å². The Labute approximate surface area is 115 Å². The van der Waals surface area contributed by atoms with Crippen LogP contribution < -0.4 is 5.32 Å². The van der Waals surface area contributed by atoms with Crippen LogP contribution in [-0.4, -0.2) is 42.8 Å². The summed E-state index contributed by atoms with van der Waals surface area (Å²) >= 11 is 0. The van der Waals surface area contributed by atoms with E-state index in [4.69, 9.17) is 9.26 Å². The van der Waals surface area contributed by atoms with Crippen molar-refractivity contribution >= 4 is 0 Å². The molecule has 0 radical (unpaired) electrons. The number of rotatable bonds is 9. The van der Waals surface area contributed by atoms with E-state index in [2.05, 4.69) is 22.3 Å². The van der Waals surface area contributed by atoms with Crippen LogP contribution in [0.3, 0.4) is 0 Å². The predicted molar refractivity (Wildman–Crippen MR) is 73.8 cm³/mol. The fourth-order valence-electron chi connectivity index (χ4n) is 2.27. The van der Waals surface area contributed by atoms with E-state index < -0.39 is 0 Å². The molecule has 5 nitrogen and oxygen atoms in total. The first-order valence-corrected chi connectivity index (χ1v) is 7.34. The lowest BCUT2D eigenvalue weighted by atomic mass is 10.3. The molecule has 108 valence electrons. The Morgan fingerprint density at radius 2 is 2.26 bits per heavy atom. The van der Waals surface area contributed by atoms with E-state index in [0.717, 1.165) is 44.1 Å². The highest BCUT2D eigenvalue weighted by Crippen LogP contribution is 2.08. The summed E-state index contributed by atoms with van der Waals surface area (Å²) in [5, 5.41) is 7.32. The van der Waals surface area contributed by atoms with Gasteiger partial charge in [-0.05, 0) is 38.9 Å². The minimum atomic E-state index is 0.522. The summed E-state index contributed by atoms with van der Waals surface area (Å²) in [6.07, 6.45) is 3.79. The molecule has 19 heavy (non-hydrogen) atoms. The van der Waals surface area contributed by atoms with Crippen molar-refractivity contribution in [1.82, 2.24) is 15.4 Å². The number of hydrogen-bond acceptors (Lipinski definition) is 5. The molecule has 1 fully saturated rings. The number of nitrogens with zero attached hydrogens (tertiary/aromatic N) is 2. The van der Waals surface area contributed by atoms with Crippen molar-refractivity contribution in [3.63, 3.8) is 0 Å². The lowest BCUT2D eigenvalue weighted by Gasteiger charge is -2.13. The Hall–Kier alpha value is -0.910. The van der Waals surface area contributed by atoms with Crippen LogP contribution in [0.15, 0.2) is 10.6 Å². The summed E-state index contributed by atoms with van der Waals surface area (Å²) in [6.45, 7) is 8.69. The molecule has 1 N–H and O–H groups in total. The number of hydrogen-bond donors (Lipinski definition) is 1. The first kappa shape index (κ1) is 14.5. The molecule has 1 aliphatic rings. The van der Waals surface area contributed by atoms with Gasteiger partial charge in [0.25, 0.3) is 0 Å². The maximum atomic E-state index is 5.62. The van der Waals surface area contributed by atoms with Gasteiger partial charge in [-0.3, -0.25) is 0 Å². The largest absolute Gasteiger partial charge is 0.372 e. The van der Waals surface area contributed by atoms with Crippen molar-refractivity contribution in [3.8, 4) is 0 Å². The monoisotopic (exact) mass is 267 g/mol. The van der Waals surface area contributed by atoms with Crippen LogP contribution in [0.25, 0.3) is 0 Å². The van der Waals surface area contributed by atoms with Gasteiger partial charge in [0.15, 0.2) is 5.76 Å². The Morgan fingerprint density at radius 1 is 1.42 bits per heavy atom. The molecular weight excluding hydrogens is 242 g/mol. The number of aromatic nitrogens is 1. The van der Waals surface area contributed by atoms with Crippen LogP contribution >= 0.6 is 0 Å². The summed E-state index contributed by atoms with van der Waals surface area (Å²) < 4.78 is 10.9. The summed E-state index contributed by atoms with van der Waals surface area (Å²) in [5.41, 5.74) is 0.951. The summed E-state index contributed by atoms with van der Waals surface area (Å²) in [7, 11) is 0. The standard InChI is InChI=1S/C14H25N3O2/c1-2-5-15-11-13-10-14(19-16-13)12-18-9-8-17-6-3-4-7-17/h10,15H,2-9,11-12H2,1H3. The van der Waals surface area contributed by atoms with Gasteiger partial charge in [-0.2, -0.15) is 0 Å². The average molecular weight is 267 g/mol. The maximum Gasteiger partial charge on any atom is 0.162 e. The molecule has 1 aromatic rings. The molecule has 1 aromatic heterocycles. The third-order valence-corrected chi connectivity index (χ3v) is 3.34. The van der Waals surface area contributed by atoms with Gasteiger partial charge in [0, 0.05) is 19.2 Å². The number of nitrogens with one attached hydrogen (secondary N) is 1.